The smallest absolute Gasteiger partial charge is 0.231 e. The molecule has 0 aromatic heterocycles. The summed E-state index contributed by atoms with van der Waals surface area (Å²) in [4.78, 5) is 2.21. The van der Waals surface area contributed by atoms with Crippen molar-refractivity contribution in [2.24, 2.45) is 0 Å². The van der Waals surface area contributed by atoms with E-state index in [1.807, 2.05) is 30.3 Å². The van der Waals surface area contributed by atoms with Gasteiger partial charge in [-0.05, 0) is 37.2 Å². The summed E-state index contributed by atoms with van der Waals surface area (Å²) in [6, 6.07) is 11.8. The summed E-state index contributed by atoms with van der Waals surface area (Å²) in [5.74, 6) is 2.08. The Labute approximate surface area is 146 Å². The van der Waals surface area contributed by atoms with Gasteiger partial charge in [0.25, 0.3) is 0 Å². The fourth-order valence-electron chi connectivity index (χ4n) is 3.47. The van der Waals surface area contributed by atoms with E-state index in [0.29, 0.717) is 17.1 Å². The lowest BCUT2D eigenvalue weighted by Crippen LogP contribution is -2.37. The first-order valence-corrected chi connectivity index (χ1v) is 8.18. The van der Waals surface area contributed by atoms with Crippen LogP contribution >= 0.6 is 0 Å². The SMILES string of the molecule is COc1c2c(cc3c1[C@H](Nc1ccccc1C#N)N(C)CC3)OCO2. The molecular weight excluding hydrogens is 318 g/mol. The first kappa shape index (κ1) is 15.6. The van der Waals surface area contributed by atoms with Crippen LogP contribution in [0.1, 0.15) is 22.9 Å². The van der Waals surface area contributed by atoms with E-state index in [4.69, 9.17) is 14.2 Å². The highest BCUT2D eigenvalue weighted by molar-refractivity contribution is 5.64. The number of para-hydroxylation sites is 1. The fraction of sp³-hybridized carbons (Fsp3) is 0.316. The molecule has 2 aromatic rings. The van der Waals surface area contributed by atoms with Crippen molar-refractivity contribution in [3.8, 4) is 23.3 Å². The van der Waals surface area contributed by atoms with Gasteiger partial charge in [0.15, 0.2) is 11.5 Å². The minimum Gasteiger partial charge on any atom is -0.492 e. The zero-order chi connectivity index (χ0) is 17.4. The molecule has 1 N–H and O–H groups in total. The lowest BCUT2D eigenvalue weighted by Gasteiger charge is -2.36. The summed E-state index contributed by atoms with van der Waals surface area (Å²) >= 11 is 0. The highest BCUT2D eigenvalue weighted by atomic mass is 16.7. The van der Waals surface area contributed by atoms with Crippen molar-refractivity contribution in [1.82, 2.24) is 4.90 Å². The molecule has 6 nitrogen and oxygen atoms in total. The summed E-state index contributed by atoms with van der Waals surface area (Å²) in [5.41, 5.74) is 3.62. The van der Waals surface area contributed by atoms with Gasteiger partial charge in [0.1, 0.15) is 12.2 Å². The van der Waals surface area contributed by atoms with Crippen LogP contribution in [-0.4, -0.2) is 32.4 Å². The van der Waals surface area contributed by atoms with Gasteiger partial charge in [0, 0.05) is 12.1 Å². The number of nitrogens with one attached hydrogen (secondary N) is 1. The molecule has 0 saturated heterocycles. The maximum Gasteiger partial charge on any atom is 0.231 e. The van der Waals surface area contributed by atoms with E-state index >= 15 is 0 Å². The average Bonchev–Trinajstić information content (AvgIpc) is 3.11. The molecular formula is C19H19N3O3. The molecule has 0 unspecified atom stereocenters. The van der Waals surface area contributed by atoms with Crippen LogP contribution in [0.2, 0.25) is 0 Å². The number of anilines is 1. The van der Waals surface area contributed by atoms with Crippen LogP contribution < -0.4 is 19.5 Å². The third kappa shape index (κ3) is 2.53. The summed E-state index contributed by atoms with van der Waals surface area (Å²) in [6.45, 7) is 1.10. The topological polar surface area (TPSA) is 66.8 Å². The Morgan fingerprint density at radius 1 is 1.32 bits per heavy atom. The Hall–Kier alpha value is -2.91. The van der Waals surface area contributed by atoms with E-state index in [1.165, 1.54) is 5.56 Å². The highest BCUT2D eigenvalue weighted by Crippen LogP contribution is 2.49. The van der Waals surface area contributed by atoms with Crippen molar-refractivity contribution in [1.29, 1.82) is 5.26 Å². The number of hydrogen-bond acceptors (Lipinski definition) is 6. The second-order valence-corrected chi connectivity index (χ2v) is 6.15. The Bertz CT molecular complexity index is 860. The Morgan fingerprint density at radius 3 is 2.96 bits per heavy atom. The molecule has 2 aliphatic heterocycles. The van der Waals surface area contributed by atoms with Gasteiger partial charge >= 0.3 is 0 Å². The molecule has 128 valence electrons. The lowest BCUT2D eigenvalue weighted by atomic mass is 9.94. The number of benzene rings is 2. The molecule has 2 heterocycles. The van der Waals surface area contributed by atoms with Crippen molar-refractivity contribution in [3.05, 3.63) is 47.0 Å². The monoisotopic (exact) mass is 337 g/mol. The van der Waals surface area contributed by atoms with Crippen LogP contribution in [0.4, 0.5) is 5.69 Å². The second-order valence-electron chi connectivity index (χ2n) is 6.15. The molecule has 4 rings (SSSR count). The highest BCUT2D eigenvalue weighted by Gasteiger charge is 2.34. The quantitative estimate of drug-likeness (QED) is 0.929. The van der Waals surface area contributed by atoms with Crippen molar-refractivity contribution < 1.29 is 14.2 Å². The number of nitriles is 1. The number of ether oxygens (including phenoxy) is 3. The Balaban J connectivity index is 1.82. The van der Waals surface area contributed by atoms with Crippen LogP contribution in [0.25, 0.3) is 0 Å². The van der Waals surface area contributed by atoms with E-state index in [2.05, 4.69) is 23.3 Å². The fourth-order valence-corrected chi connectivity index (χ4v) is 3.47. The van der Waals surface area contributed by atoms with Gasteiger partial charge in [-0.15, -0.1) is 0 Å². The molecule has 25 heavy (non-hydrogen) atoms. The van der Waals surface area contributed by atoms with Crippen LogP contribution in [0, 0.1) is 11.3 Å². The predicted molar refractivity (Wildman–Crippen MR) is 93.0 cm³/mol. The molecule has 0 amide bonds. The number of nitrogens with zero attached hydrogens (tertiary/aromatic N) is 2. The second kappa shape index (κ2) is 6.19. The minimum absolute atomic E-state index is 0.123. The zero-order valence-electron chi connectivity index (χ0n) is 14.2. The molecule has 0 bridgehead atoms. The first-order valence-electron chi connectivity index (χ1n) is 8.18. The number of hydrogen-bond donors (Lipinski definition) is 1. The summed E-state index contributed by atoms with van der Waals surface area (Å²) in [5, 5.41) is 12.9. The molecule has 1 atom stereocenters. The van der Waals surface area contributed by atoms with E-state index in [0.717, 1.165) is 30.0 Å². The molecule has 0 fully saturated rings. The van der Waals surface area contributed by atoms with Gasteiger partial charge in [-0.2, -0.15) is 5.26 Å². The molecule has 0 spiro atoms. The summed E-state index contributed by atoms with van der Waals surface area (Å²) < 4.78 is 16.9. The summed E-state index contributed by atoms with van der Waals surface area (Å²) in [6.07, 6.45) is 0.777. The lowest BCUT2D eigenvalue weighted by molar-refractivity contribution is 0.170. The molecule has 0 saturated carbocycles. The molecule has 6 heteroatoms. The largest absolute Gasteiger partial charge is 0.492 e. The summed E-state index contributed by atoms with van der Waals surface area (Å²) in [7, 11) is 3.70. The van der Waals surface area contributed by atoms with Gasteiger partial charge in [0.05, 0.1) is 18.4 Å². The number of rotatable bonds is 3. The van der Waals surface area contributed by atoms with Crippen molar-refractivity contribution >= 4 is 5.69 Å². The van der Waals surface area contributed by atoms with E-state index in [9.17, 15) is 5.26 Å². The standard InChI is InChI=1S/C19H19N3O3/c1-22-8-7-12-9-15-17(25-11-24-15)18(23-2)16(12)19(22)21-14-6-4-3-5-13(14)10-20/h3-6,9,19,21H,7-8,11H2,1-2H3/t19-/m1/s1. The van der Waals surface area contributed by atoms with Gasteiger partial charge in [-0.3, -0.25) is 4.90 Å². The number of fused-ring (bicyclic) bond motifs is 2. The average molecular weight is 337 g/mol. The van der Waals surface area contributed by atoms with Crippen LogP contribution in [-0.2, 0) is 6.42 Å². The minimum atomic E-state index is -0.123. The van der Waals surface area contributed by atoms with E-state index < -0.39 is 0 Å². The molecule has 2 aromatic carbocycles. The maximum absolute atomic E-state index is 9.37. The van der Waals surface area contributed by atoms with E-state index in [1.54, 1.807) is 7.11 Å². The zero-order valence-corrected chi connectivity index (χ0v) is 14.2. The number of likely N-dealkylation sites (N-methyl/N-ethyl adjacent to an activating group) is 1. The van der Waals surface area contributed by atoms with Gasteiger partial charge in [-0.25, -0.2) is 0 Å². The molecule has 0 aliphatic carbocycles. The van der Waals surface area contributed by atoms with E-state index in [-0.39, 0.29) is 13.0 Å². The molecule has 0 radical (unpaired) electrons. The first-order chi connectivity index (χ1) is 12.2. The van der Waals surface area contributed by atoms with Gasteiger partial charge in [-0.1, -0.05) is 12.1 Å². The third-order valence-electron chi connectivity index (χ3n) is 4.74. The Morgan fingerprint density at radius 2 is 2.16 bits per heavy atom. The predicted octanol–water partition coefficient (Wildman–Crippen LogP) is 2.89. The van der Waals surface area contributed by atoms with Gasteiger partial charge < -0.3 is 19.5 Å². The van der Waals surface area contributed by atoms with Crippen LogP contribution in [0.5, 0.6) is 17.2 Å². The number of methoxy groups -OCH3 is 1. The van der Waals surface area contributed by atoms with Crippen molar-refractivity contribution in [2.75, 3.05) is 32.8 Å². The van der Waals surface area contributed by atoms with Crippen LogP contribution in [0.3, 0.4) is 0 Å². The Kier molecular flexibility index (Phi) is 3.86. The van der Waals surface area contributed by atoms with Crippen LogP contribution in [0.15, 0.2) is 30.3 Å². The third-order valence-corrected chi connectivity index (χ3v) is 4.74. The normalized spacial score (nSPS) is 18.4. The van der Waals surface area contributed by atoms with Gasteiger partial charge in [0.2, 0.25) is 12.5 Å². The maximum atomic E-state index is 9.37. The van der Waals surface area contributed by atoms with Crippen molar-refractivity contribution in [3.63, 3.8) is 0 Å². The van der Waals surface area contributed by atoms with Crippen molar-refractivity contribution in [2.45, 2.75) is 12.6 Å². The molecule has 2 aliphatic rings.